The van der Waals surface area contributed by atoms with E-state index in [1.807, 2.05) is 6.07 Å². The molecule has 0 aliphatic rings. The van der Waals surface area contributed by atoms with Crippen LogP contribution in [-0.2, 0) is 13.1 Å². The largest absolute Gasteiger partial charge is 0.340 e. The second-order valence-corrected chi connectivity index (χ2v) is 7.65. The first-order valence-electron chi connectivity index (χ1n) is 8.31. The molecule has 25 heavy (non-hydrogen) atoms. The smallest absolute Gasteiger partial charge is 0.174 e. The Morgan fingerprint density at radius 3 is 2.32 bits per heavy atom. The average Bonchev–Trinajstić information content (AvgIpc) is 3.07. The minimum Gasteiger partial charge on any atom is -0.340 e. The van der Waals surface area contributed by atoms with E-state index in [0.717, 1.165) is 23.9 Å². The highest BCUT2D eigenvalue weighted by Crippen LogP contribution is 2.18. The fourth-order valence-electron chi connectivity index (χ4n) is 2.84. The van der Waals surface area contributed by atoms with E-state index in [4.69, 9.17) is 12.2 Å². The normalized spacial score (nSPS) is 10.5. The molecule has 3 aromatic rings. The van der Waals surface area contributed by atoms with Crippen LogP contribution in [0.25, 0.3) is 0 Å². The standard InChI is InChI=1S/C21H22N2S2/c1-16-11-17(2)13-19(12-16)22-21(24)23(15-20-9-6-10-25-20)14-18-7-4-3-5-8-18/h3-13H,14-15H2,1-2H3,(H,22,24). The summed E-state index contributed by atoms with van der Waals surface area (Å²) in [6, 6.07) is 21.1. The molecule has 0 radical (unpaired) electrons. The summed E-state index contributed by atoms with van der Waals surface area (Å²) in [5, 5.41) is 6.28. The Labute approximate surface area is 159 Å². The van der Waals surface area contributed by atoms with Gasteiger partial charge in [-0.3, -0.25) is 0 Å². The van der Waals surface area contributed by atoms with Crippen molar-refractivity contribution in [1.29, 1.82) is 0 Å². The van der Waals surface area contributed by atoms with Crippen LogP contribution in [0.5, 0.6) is 0 Å². The zero-order chi connectivity index (χ0) is 17.6. The molecule has 0 bridgehead atoms. The van der Waals surface area contributed by atoms with Crippen molar-refractivity contribution >= 4 is 34.4 Å². The van der Waals surface area contributed by atoms with Crippen molar-refractivity contribution < 1.29 is 0 Å². The van der Waals surface area contributed by atoms with Crippen molar-refractivity contribution in [2.24, 2.45) is 0 Å². The molecular weight excluding hydrogens is 344 g/mol. The van der Waals surface area contributed by atoms with Gasteiger partial charge in [-0.05, 0) is 66.3 Å². The lowest BCUT2D eigenvalue weighted by Crippen LogP contribution is -2.33. The molecule has 4 heteroatoms. The molecule has 0 saturated heterocycles. The summed E-state index contributed by atoms with van der Waals surface area (Å²) in [6.07, 6.45) is 0. The van der Waals surface area contributed by atoms with Gasteiger partial charge in [-0.25, -0.2) is 0 Å². The van der Waals surface area contributed by atoms with E-state index in [0.29, 0.717) is 0 Å². The quantitative estimate of drug-likeness (QED) is 0.578. The van der Waals surface area contributed by atoms with E-state index in [2.05, 4.69) is 84.0 Å². The number of anilines is 1. The number of nitrogens with one attached hydrogen (secondary N) is 1. The second-order valence-electron chi connectivity index (χ2n) is 6.23. The summed E-state index contributed by atoms with van der Waals surface area (Å²) in [4.78, 5) is 3.52. The highest BCUT2D eigenvalue weighted by Gasteiger charge is 2.12. The predicted molar refractivity (Wildman–Crippen MR) is 112 cm³/mol. The van der Waals surface area contributed by atoms with Crippen molar-refractivity contribution in [3.63, 3.8) is 0 Å². The highest BCUT2D eigenvalue weighted by atomic mass is 32.1. The number of nitrogens with zero attached hydrogens (tertiary/aromatic N) is 1. The van der Waals surface area contributed by atoms with Crippen LogP contribution in [0.4, 0.5) is 5.69 Å². The van der Waals surface area contributed by atoms with Gasteiger partial charge >= 0.3 is 0 Å². The Hall–Kier alpha value is -2.17. The molecule has 0 amide bonds. The first-order chi connectivity index (χ1) is 12.1. The van der Waals surface area contributed by atoms with E-state index in [9.17, 15) is 0 Å². The Morgan fingerprint density at radius 1 is 0.960 bits per heavy atom. The van der Waals surface area contributed by atoms with Gasteiger partial charge in [0.1, 0.15) is 0 Å². The molecule has 0 saturated carbocycles. The summed E-state index contributed by atoms with van der Waals surface area (Å²) in [5.41, 5.74) is 4.77. The van der Waals surface area contributed by atoms with Crippen molar-refractivity contribution in [2.45, 2.75) is 26.9 Å². The van der Waals surface area contributed by atoms with Crippen LogP contribution in [0.1, 0.15) is 21.6 Å². The van der Waals surface area contributed by atoms with E-state index in [1.54, 1.807) is 11.3 Å². The van der Waals surface area contributed by atoms with Gasteiger partial charge in [0.15, 0.2) is 5.11 Å². The number of hydrogen-bond acceptors (Lipinski definition) is 2. The molecule has 0 atom stereocenters. The number of thiophene rings is 1. The van der Waals surface area contributed by atoms with Crippen LogP contribution < -0.4 is 5.32 Å². The van der Waals surface area contributed by atoms with Gasteiger partial charge in [0.05, 0.1) is 6.54 Å². The lowest BCUT2D eigenvalue weighted by Gasteiger charge is -2.26. The van der Waals surface area contributed by atoms with Gasteiger partial charge < -0.3 is 10.2 Å². The van der Waals surface area contributed by atoms with Crippen LogP contribution in [0.2, 0.25) is 0 Å². The van der Waals surface area contributed by atoms with E-state index < -0.39 is 0 Å². The first kappa shape index (κ1) is 17.6. The molecule has 2 nitrogen and oxygen atoms in total. The van der Waals surface area contributed by atoms with E-state index in [-0.39, 0.29) is 0 Å². The van der Waals surface area contributed by atoms with Crippen LogP contribution in [-0.4, -0.2) is 10.0 Å². The highest BCUT2D eigenvalue weighted by molar-refractivity contribution is 7.80. The Bertz CT molecular complexity index is 806. The van der Waals surface area contributed by atoms with Crippen molar-refractivity contribution in [3.8, 4) is 0 Å². The number of rotatable bonds is 5. The van der Waals surface area contributed by atoms with Crippen LogP contribution in [0.15, 0.2) is 66.0 Å². The molecule has 0 spiro atoms. The van der Waals surface area contributed by atoms with Gasteiger partial charge in [-0.1, -0.05) is 42.5 Å². The molecule has 1 aromatic heterocycles. The van der Waals surface area contributed by atoms with Crippen LogP contribution in [0.3, 0.4) is 0 Å². The number of hydrogen-bond donors (Lipinski definition) is 1. The maximum Gasteiger partial charge on any atom is 0.174 e. The van der Waals surface area contributed by atoms with Gasteiger partial charge in [-0.2, -0.15) is 0 Å². The molecule has 2 aromatic carbocycles. The summed E-state index contributed by atoms with van der Waals surface area (Å²) in [6.45, 7) is 5.81. The molecule has 3 rings (SSSR count). The van der Waals surface area contributed by atoms with Crippen molar-refractivity contribution in [1.82, 2.24) is 4.90 Å². The molecule has 128 valence electrons. The molecule has 0 aliphatic carbocycles. The van der Waals surface area contributed by atoms with Gasteiger partial charge in [0.25, 0.3) is 0 Å². The molecule has 1 N–H and O–H groups in total. The first-order valence-corrected chi connectivity index (χ1v) is 9.59. The molecule has 0 unspecified atom stereocenters. The lowest BCUT2D eigenvalue weighted by molar-refractivity contribution is 0.416. The van der Waals surface area contributed by atoms with Crippen LogP contribution >= 0.6 is 23.6 Å². The average molecular weight is 367 g/mol. The van der Waals surface area contributed by atoms with Crippen LogP contribution in [0, 0.1) is 13.8 Å². The third-order valence-electron chi connectivity index (χ3n) is 3.90. The minimum atomic E-state index is 0.752. The molecular formula is C21H22N2S2. The fraction of sp³-hybridized carbons (Fsp3) is 0.190. The van der Waals surface area contributed by atoms with Crippen molar-refractivity contribution in [2.75, 3.05) is 5.32 Å². The Balaban J connectivity index is 1.78. The SMILES string of the molecule is Cc1cc(C)cc(NC(=S)N(Cc2ccccc2)Cc2cccs2)c1. The summed E-state index contributed by atoms with van der Waals surface area (Å²) in [7, 11) is 0. The minimum absolute atomic E-state index is 0.752. The van der Waals surface area contributed by atoms with E-state index in [1.165, 1.54) is 21.6 Å². The maximum absolute atomic E-state index is 5.74. The summed E-state index contributed by atoms with van der Waals surface area (Å²) < 4.78 is 0. The zero-order valence-corrected chi connectivity index (χ0v) is 16.2. The Kier molecular flexibility index (Phi) is 5.84. The maximum atomic E-state index is 5.74. The lowest BCUT2D eigenvalue weighted by atomic mass is 10.1. The zero-order valence-electron chi connectivity index (χ0n) is 14.5. The number of aryl methyl sites for hydroxylation is 2. The molecule has 1 heterocycles. The third kappa shape index (κ3) is 5.15. The third-order valence-corrected chi connectivity index (χ3v) is 5.12. The number of thiocarbonyl (C=S) groups is 1. The monoisotopic (exact) mass is 366 g/mol. The summed E-state index contributed by atoms with van der Waals surface area (Å²) >= 11 is 7.50. The fourth-order valence-corrected chi connectivity index (χ4v) is 3.81. The molecule has 0 fully saturated rings. The van der Waals surface area contributed by atoms with Gasteiger partial charge in [0, 0.05) is 17.1 Å². The predicted octanol–water partition coefficient (Wildman–Crippen LogP) is 5.76. The Morgan fingerprint density at radius 2 is 1.68 bits per heavy atom. The van der Waals surface area contributed by atoms with E-state index >= 15 is 0 Å². The van der Waals surface area contributed by atoms with Crippen molar-refractivity contribution in [3.05, 3.63) is 87.6 Å². The second kappa shape index (κ2) is 8.28. The number of benzene rings is 2. The van der Waals surface area contributed by atoms with Gasteiger partial charge in [-0.15, -0.1) is 11.3 Å². The molecule has 0 aliphatic heterocycles. The summed E-state index contributed by atoms with van der Waals surface area (Å²) in [5.74, 6) is 0. The van der Waals surface area contributed by atoms with Gasteiger partial charge in [0.2, 0.25) is 0 Å². The topological polar surface area (TPSA) is 15.3 Å².